The molecule has 0 amide bonds. The number of sulfonamides is 1. The Morgan fingerprint density at radius 3 is 1.90 bits per heavy atom. The van der Waals surface area contributed by atoms with E-state index >= 15 is 0 Å². The van der Waals surface area contributed by atoms with Crippen molar-refractivity contribution in [2.24, 2.45) is 0 Å². The number of benzene rings is 1. The second-order valence-corrected chi connectivity index (χ2v) is 9.54. The lowest BCUT2D eigenvalue weighted by Gasteiger charge is -2.37. The second kappa shape index (κ2) is 9.57. The summed E-state index contributed by atoms with van der Waals surface area (Å²) in [7, 11) is -10.5. The molecular weight excluding hydrogens is 438 g/mol. The summed E-state index contributed by atoms with van der Waals surface area (Å²) >= 11 is 0. The highest BCUT2D eigenvalue weighted by atomic mass is 32.2. The number of esters is 1. The van der Waals surface area contributed by atoms with Gasteiger partial charge in [-0.1, -0.05) is 17.7 Å². The molecule has 1 aromatic carbocycles. The van der Waals surface area contributed by atoms with Crippen molar-refractivity contribution in [1.82, 2.24) is 4.72 Å². The molecule has 0 aromatic heterocycles. The zero-order valence-electron chi connectivity index (χ0n) is 16.3. The average molecular weight is 461 g/mol. The molecular formula is C16H23F3NO7PS. The summed E-state index contributed by atoms with van der Waals surface area (Å²) in [4.78, 5) is 11.9. The third-order valence-electron chi connectivity index (χ3n) is 3.60. The molecule has 0 bridgehead atoms. The van der Waals surface area contributed by atoms with Gasteiger partial charge in [0.1, 0.15) is 0 Å². The Morgan fingerprint density at radius 1 is 1.03 bits per heavy atom. The van der Waals surface area contributed by atoms with E-state index < -0.39 is 59.8 Å². The molecule has 1 aromatic rings. The van der Waals surface area contributed by atoms with Gasteiger partial charge >= 0.3 is 25.0 Å². The number of hydrogen-bond donors (Lipinski definition) is 1. The van der Waals surface area contributed by atoms with Crippen LogP contribution in [0.3, 0.4) is 0 Å². The minimum Gasteiger partial charge on any atom is -0.464 e. The van der Waals surface area contributed by atoms with E-state index in [1.807, 2.05) is 0 Å². The number of ether oxygens (including phenoxy) is 1. The Kier molecular flexibility index (Phi) is 8.44. The Bertz CT molecular complexity index is 848. The van der Waals surface area contributed by atoms with Crippen LogP contribution in [0, 0.1) is 6.92 Å². The summed E-state index contributed by atoms with van der Waals surface area (Å²) in [5.74, 6) is -2.14. The quantitative estimate of drug-likeness (QED) is 0.421. The van der Waals surface area contributed by atoms with Gasteiger partial charge in [-0.25, -0.2) is 13.2 Å². The Morgan fingerprint density at radius 2 is 1.52 bits per heavy atom. The zero-order chi connectivity index (χ0) is 22.5. The van der Waals surface area contributed by atoms with E-state index in [1.54, 1.807) is 6.92 Å². The molecule has 0 saturated carbocycles. The molecule has 0 heterocycles. The molecule has 8 nitrogen and oxygen atoms in total. The van der Waals surface area contributed by atoms with E-state index in [-0.39, 0.29) is 0 Å². The maximum Gasteiger partial charge on any atom is 0.430 e. The van der Waals surface area contributed by atoms with Crippen molar-refractivity contribution in [2.75, 3.05) is 19.8 Å². The fourth-order valence-electron chi connectivity index (χ4n) is 2.32. The molecule has 1 atom stereocenters. The number of halogens is 3. The highest BCUT2D eigenvalue weighted by Gasteiger charge is 2.76. The fourth-order valence-corrected chi connectivity index (χ4v) is 6.06. The number of hydrogen-bond acceptors (Lipinski definition) is 7. The van der Waals surface area contributed by atoms with Crippen LogP contribution in [0.2, 0.25) is 0 Å². The predicted molar refractivity (Wildman–Crippen MR) is 97.8 cm³/mol. The van der Waals surface area contributed by atoms with E-state index in [4.69, 9.17) is 9.05 Å². The smallest absolute Gasteiger partial charge is 0.430 e. The average Bonchev–Trinajstić information content (AvgIpc) is 2.59. The van der Waals surface area contributed by atoms with Gasteiger partial charge in [0.05, 0.1) is 24.7 Å². The maximum absolute atomic E-state index is 14.2. The number of aryl methyl sites for hydroxylation is 1. The second-order valence-electron chi connectivity index (χ2n) is 5.68. The molecule has 0 fully saturated rings. The number of alkyl halides is 3. The van der Waals surface area contributed by atoms with Gasteiger partial charge in [0.2, 0.25) is 10.0 Å². The molecule has 0 aliphatic carbocycles. The summed E-state index contributed by atoms with van der Waals surface area (Å²) in [6.45, 7) is 3.63. The van der Waals surface area contributed by atoms with Crippen LogP contribution in [0.5, 0.6) is 0 Å². The summed E-state index contributed by atoms with van der Waals surface area (Å²) in [5, 5.41) is -4.30. The van der Waals surface area contributed by atoms with Crippen molar-refractivity contribution in [1.29, 1.82) is 0 Å². The van der Waals surface area contributed by atoms with Crippen LogP contribution in [0.25, 0.3) is 0 Å². The Labute approximate surface area is 167 Å². The molecule has 0 spiro atoms. The molecule has 13 heteroatoms. The fraction of sp³-hybridized carbons (Fsp3) is 0.562. The molecule has 0 saturated heterocycles. The van der Waals surface area contributed by atoms with Crippen molar-refractivity contribution in [3.63, 3.8) is 0 Å². The lowest BCUT2D eigenvalue weighted by atomic mass is 10.2. The van der Waals surface area contributed by atoms with Gasteiger partial charge in [-0.2, -0.15) is 17.9 Å². The van der Waals surface area contributed by atoms with Gasteiger partial charge in [-0.05, 0) is 39.8 Å². The summed E-state index contributed by atoms with van der Waals surface area (Å²) < 4.78 is 96.5. The molecule has 0 aliphatic rings. The highest BCUT2D eigenvalue weighted by Crippen LogP contribution is 2.65. The van der Waals surface area contributed by atoms with Crippen LogP contribution in [0.15, 0.2) is 29.2 Å². The van der Waals surface area contributed by atoms with E-state index in [0.29, 0.717) is 5.56 Å². The molecule has 0 unspecified atom stereocenters. The highest BCUT2D eigenvalue weighted by molar-refractivity contribution is 7.90. The predicted octanol–water partition coefficient (Wildman–Crippen LogP) is 3.36. The van der Waals surface area contributed by atoms with Gasteiger partial charge in [0, 0.05) is 0 Å². The van der Waals surface area contributed by atoms with Crippen LogP contribution >= 0.6 is 7.60 Å². The number of carbonyl (C=O) groups is 1. The van der Waals surface area contributed by atoms with Crippen LogP contribution < -0.4 is 4.72 Å². The third kappa shape index (κ3) is 5.18. The first-order valence-electron chi connectivity index (χ1n) is 8.55. The van der Waals surface area contributed by atoms with Crippen LogP contribution in [0.4, 0.5) is 13.2 Å². The first-order valence-corrected chi connectivity index (χ1v) is 11.6. The molecule has 1 N–H and O–H groups in total. The van der Waals surface area contributed by atoms with Crippen molar-refractivity contribution >= 4 is 23.6 Å². The van der Waals surface area contributed by atoms with Gasteiger partial charge in [-0.15, -0.1) is 0 Å². The molecule has 166 valence electrons. The lowest BCUT2D eigenvalue weighted by Crippen LogP contribution is -2.64. The largest absolute Gasteiger partial charge is 0.464 e. The van der Waals surface area contributed by atoms with Gasteiger partial charge in [-0.3, -0.25) is 4.57 Å². The minimum absolute atomic E-state index is 0.541. The summed E-state index contributed by atoms with van der Waals surface area (Å²) in [6.07, 6.45) is -5.73. The van der Waals surface area contributed by atoms with Crippen molar-refractivity contribution in [3.8, 4) is 0 Å². The first kappa shape index (κ1) is 25.6. The number of carbonyl (C=O) groups excluding carboxylic acids is 1. The zero-order valence-corrected chi connectivity index (χ0v) is 18.0. The van der Waals surface area contributed by atoms with E-state index in [0.717, 1.165) is 12.1 Å². The van der Waals surface area contributed by atoms with Crippen molar-refractivity contribution in [2.45, 2.75) is 44.0 Å². The molecule has 0 aliphatic heterocycles. The molecule has 1 rings (SSSR count). The molecule has 29 heavy (non-hydrogen) atoms. The van der Waals surface area contributed by atoms with E-state index in [2.05, 4.69) is 4.74 Å². The molecule has 0 radical (unpaired) electrons. The lowest BCUT2D eigenvalue weighted by molar-refractivity contribution is -0.194. The SMILES string of the molecule is CCOC(=O)[C@](NS(=O)(=O)c1ccc(C)cc1)(C(F)(F)F)P(=O)(OCC)OCC. The Hall–Kier alpha value is -1.46. The maximum atomic E-state index is 14.2. The normalized spacial score (nSPS) is 15.0. The van der Waals surface area contributed by atoms with Crippen molar-refractivity contribution in [3.05, 3.63) is 29.8 Å². The minimum atomic E-state index is -5.73. The Balaban J connectivity index is 3.80. The summed E-state index contributed by atoms with van der Waals surface area (Å²) in [5.41, 5.74) is 0.644. The van der Waals surface area contributed by atoms with Crippen LogP contribution in [-0.4, -0.2) is 45.7 Å². The van der Waals surface area contributed by atoms with Crippen LogP contribution in [0.1, 0.15) is 26.3 Å². The van der Waals surface area contributed by atoms with Crippen LogP contribution in [-0.2, 0) is 33.2 Å². The first-order chi connectivity index (χ1) is 13.3. The number of rotatable bonds is 10. The standard InChI is InChI=1S/C16H23F3NO7PS/c1-5-25-14(21)15(16(17,18)19,28(22,26-6-2)27-7-3)20-29(23,24)13-10-8-12(4)9-11-13/h8-11,20H,5-7H2,1-4H3/t15-/m1/s1. The summed E-state index contributed by atoms with van der Waals surface area (Å²) in [6, 6.07) is 4.77. The van der Waals surface area contributed by atoms with Gasteiger partial charge in [0.15, 0.2) is 0 Å². The number of nitrogens with one attached hydrogen (secondary N) is 1. The van der Waals surface area contributed by atoms with Crippen molar-refractivity contribution < 1.29 is 44.7 Å². The third-order valence-corrected chi connectivity index (χ3v) is 7.79. The monoisotopic (exact) mass is 461 g/mol. The topological polar surface area (TPSA) is 108 Å². The van der Waals surface area contributed by atoms with E-state index in [1.165, 1.54) is 37.6 Å². The van der Waals surface area contributed by atoms with E-state index in [9.17, 15) is 30.9 Å². The van der Waals surface area contributed by atoms with Gasteiger partial charge in [0.25, 0.3) is 0 Å². The van der Waals surface area contributed by atoms with Gasteiger partial charge < -0.3 is 13.8 Å².